The Hall–Kier alpha value is -3.57. The summed E-state index contributed by atoms with van der Waals surface area (Å²) >= 11 is 0. The monoisotopic (exact) mass is 428 g/mol. The summed E-state index contributed by atoms with van der Waals surface area (Å²) in [7, 11) is 1.65. The molecule has 1 aromatic heterocycles. The third kappa shape index (κ3) is 4.39. The van der Waals surface area contributed by atoms with Gasteiger partial charge in [0, 0.05) is 36.1 Å². The van der Waals surface area contributed by atoms with E-state index in [0.29, 0.717) is 25.3 Å². The van der Waals surface area contributed by atoms with Crippen LogP contribution in [0.1, 0.15) is 38.3 Å². The molecule has 0 saturated carbocycles. The minimum atomic E-state index is -0.909. The van der Waals surface area contributed by atoms with Gasteiger partial charge in [-0.3, -0.25) is 0 Å². The molecule has 4 rings (SSSR count). The Morgan fingerprint density at radius 3 is 2.47 bits per heavy atom. The normalized spacial score (nSPS) is 11.1. The highest BCUT2D eigenvalue weighted by Gasteiger charge is 2.22. The Balaban J connectivity index is 1.68. The second kappa shape index (κ2) is 9.28. The molecule has 0 unspecified atom stereocenters. The van der Waals surface area contributed by atoms with Crippen LogP contribution in [0.2, 0.25) is 0 Å². The molecule has 5 heteroatoms. The fourth-order valence-corrected chi connectivity index (χ4v) is 4.18. The van der Waals surface area contributed by atoms with E-state index in [0.717, 1.165) is 38.9 Å². The largest absolute Gasteiger partial charge is 0.497 e. The zero-order valence-corrected chi connectivity index (χ0v) is 18.7. The van der Waals surface area contributed by atoms with Crippen LogP contribution in [0.25, 0.3) is 10.9 Å². The molecule has 4 aromatic rings. The van der Waals surface area contributed by atoms with Crippen molar-refractivity contribution in [3.05, 3.63) is 100 Å². The Morgan fingerprint density at radius 1 is 1.00 bits per heavy atom. The number of hydrogen-bond donors (Lipinski definition) is 2. The summed E-state index contributed by atoms with van der Waals surface area (Å²) in [6.45, 7) is 5.75. The molecule has 32 heavy (non-hydrogen) atoms. The van der Waals surface area contributed by atoms with E-state index < -0.39 is 5.97 Å². The molecule has 164 valence electrons. The molecule has 1 heterocycles. The zero-order valence-electron chi connectivity index (χ0n) is 18.7. The molecule has 2 N–H and O–H groups in total. The third-order valence-corrected chi connectivity index (χ3v) is 5.90. The van der Waals surface area contributed by atoms with E-state index in [1.165, 1.54) is 5.56 Å². The smallest absolute Gasteiger partial charge is 0.352 e. The summed E-state index contributed by atoms with van der Waals surface area (Å²) in [5.41, 5.74) is 6.66. The summed E-state index contributed by atoms with van der Waals surface area (Å²) in [5, 5.41) is 14.6. The standard InChI is InChI=1S/C27H28N2O3/c1-18-8-9-19(2)21(14-18)17-29-25-7-5-4-6-23(25)24(26(29)27(30)31)16-28-15-20-10-12-22(32-3)13-11-20/h4-14,28H,15-17H2,1-3H3,(H,30,31). The highest BCUT2D eigenvalue weighted by Crippen LogP contribution is 2.28. The van der Waals surface area contributed by atoms with Crippen molar-refractivity contribution in [2.24, 2.45) is 0 Å². The molecule has 0 spiro atoms. The number of aromatic nitrogens is 1. The highest BCUT2D eigenvalue weighted by atomic mass is 16.5. The van der Waals surface area contributed by atoms with E-state index in [1.54, 1.807) is 7.11 Å². The number of rotatable bonds is 8. The van der Waals surface area contributed by atoms with Gasteiger partial charge < -0.3 is 19.7 Å². The third-order valence-electron chi connectivity index (χ3n) is 5.90. The number of benzene rings is 3. The molecular formula is C27H28N2O3. The van der Waals surface area contributed by atoms with Crippen molar-refractivity contribution >= 4 is 16.9 Å². The van der Waals surface area contributed by atoms with Gasteiger partial charge >= 0.3 is 5.97 Å². The van der Waals surface area contributed by atoms with Crippen LogP contribution in [0.3, 0.4) is 0 Å². The molecule has 0 atom stereocenters. The highest BCUT2D eigenvalue weighted by molar-refractivity contribution is 5.98. The molecule has 5 nitrogen and oxygen atoms in total. The quantitative estimate of drug-likeness (QED) is 0.400. The number of carbonyl (C=O) groups is 1. The van der Waals surface area contributed by atoms with Gasteiger partial charge in [-0.15, -0.1) is 0 Å². The Kier molecular flexibility index (Phi) is 6.28. The minimum Gasteiger partial charge on any atom is -0.497 e. The predicted octanol–water partition coefficient (Wildman–Crippen LogP) is 5.30. The minimum absolute atomic E-state index is 0.342. The van der Waals surface area contributed by atoms with E-state index in [4.69, 9.17) is 4.74 Å². The first-order valence-corrected chi connectivity index (χ1v) is 10.7. The Bertz CT molecular complexity index is 1260. The second-order valence-corrected chi connectivity index (χ2v) is 8.12. The number of hydrogen-bond acceptors (Lipinski definition) is 3. The summed E-state index contributed by atoms with van der Waals surface area (Å²) in [5.74, 6) is -0.0934. The summed E-state index contributed by atoms with van der Waals surface area (Å²) in [4.78, 5) is 12.4. The van der Waals surface area contributed by atoms with Gasteiger partial charge in [-0.1, -0.05) is 54.1 Å². The number of nitrogens with one attached hydrogen (secondary N) is 1. The van der Waals surface area contributed by atoms with Gasteiger partial charge in [-0.05, 0) is 48.7 Å². The van der Waals surface area contributed by atoms with E-state index in [2.05, 4.69) is 37.4 Å². The second-order valence-electron chi connectivity index (χ2n) is 8.12. The van der Waals surface area contributed by atoms with Gasteiger partial charge in [0.2, 0.25) is 0 Å². The predicted molar refractivity (Wildman–Crippen MR) is 127 cm³/mol. The topological polar surface area (TPSA) is 63.5 Å². The molecule has 0 radical (unpaired) electrons. The summed E-state index contributed by atoms with van der Waals surface area (Å²) in [6, 6.07) is 22.1. The van der Waals surface area contributed by atoms with Crippen molar-refractivity contribution in [3.8, 4) is 5.75 Å². The number of para-hydroxylation sites is 1. The number of nitrogens with zero attached hydrogens (tertiary/aromatic N) is 1. The lowest BCUT2D eigenvalue weighted by molar-refractivity contribution is 0.0684. The number of aromatic carboxylic acids is 1. The molecule has 0 fully saturated rings. The molecule has 0 amide bonds. The van der Waals surface area contributed by atoms with Crippen LogP contribution in [-0.2, 0) is 19.6 Å². The van der Waals surface area contributed by atoms with Crippen LogP contribution in [-0.4, -0.2) is 22.8 Å². The maximum atomic E-state index is 12.4. The van der Waals surface area contributed by atoms with Gasteiger partial charge in [0.05, 0.1) is 7.11 Å². The van der Waals surface area contributed by atoms with Crippen LogP contribution in [0, 0.1) is 13.8 Å². The molecule has 3 aromatic carbocycles. The fourth-order valence-electron chi connectivity index (χ4n) is 4.18. The van der Waals surface area contributed by atoms with Gasteiger partial charge in [-0.25, -0.2) is 4.79 Å². The van der Waals surface area contributed by atoms with Crippen LogP contribution < -0.4 is 10.1 Å². The molecular weight excluding hydrogens is 400 g/mol. The number of fused-ring (bicyclic) bond motifs is 1. The average molecular weight is 429 g/mol. The van der Waals surface area contributed by atoms with Crippen molar-refractivity contribution in [2.45, 2.75) is 33.5 Å². The van der Waals surface area contributed by atoms with E-state index in [1.807, 2.05) is 53.1 Å². The van der Waals surface area contributed by atoms with Gasteiger partial charge in [0.1, 0.15) is 11.4 Å². The molecule has 0 saturated heterocycles. The average Bonchev–Trinajstić information content (AvgIpc) is 3.10. The van der Waals surface area contributed by atoms with Crippen LogP contribution in [0.15, 0.2) is 66.7 Å². The van der Waals surface area contributed by atoms with Crippen molar-refractivity contribution < 1.29 is 14.6 Å². The SMILES string of the molecule is COc1ccc(CNCc2c(C(=O)O)n(Cc3cc(C)ccc3C)c3ccccc23)cc1. The first kappa shape index (κ1) is 21.7. The lowest BCUT2D eigenvalue weighted by Gasteiger charge is -2.13. The first-order valence-electron chi connectivity index (χ1n) is 10.7. The number of carboxylic acid groups (broad SMARTS) is 1. The van der Waals surface area contributed by atoms with E-state index >= 15 is 0 Å². The van der Waals surface area contributed by atoms with Crippen LogP contribution in [0.5, 0.6) is 5.75 Å². The number of methoxy groups -OCH3 is 1. The number of carboxylic acids is 1. The first-order chi connectivity index (χ1) is 15.5. The molecule has 0 bridgehead atoms. The van der Waals surface area contributed by atoms with Crippen LogP contribution >= 0.6 is 0 Å². The Morgan fingerprint density at radius 2 is 1.75 bits per heavy atom. The lowest BCUT2D eigenvalue weighted by Crippen LogP contribution is -2.17. The Labute approximate surface area is 188 Å². The van der Waals surface area contributed by atoms with Gasteiger partial charge in [0.25, 0.3) is 0 Å². The van der Waals surface area contributed by atoms with Crippen LogP contribution in [0.4, 0.5) is 0 Å². The summed E-state index contributed by atoms with van der Waals surface area (Å²) < 4.78 is 7.15. The maximum Gasteiger partial charge on any atom is 0.352 e. The van der Waals surface area contributed by atoms with Crippen molar-refractivity contribution in [3.63, 3.8) is 0 Å². The van der Waals surface area contributed by atoms with Crippen molar-refractivity contribution in [1.82, 2.24) is 9.88 Å². The number of aryl methyl sites for hydroxylation is 2. The van der Waals surface area contributed by atoms with Crippen molar-refractivity contribution in [1.29, 1.82) is 0 Å². The molecule has 0 aliphatic carbocycles. The van der Waals surface area contributed by atoms with Crippen molar-refractivity contribution in [2.75, 3.05) is 7.11 Å². The molecule has 0 aliphatic rings. The van der Waals surface area contributed by atoms with Gasteiger partial charge in [-0.2, -0.15) is 0 Å². The van der Waals surface area contributed by atoms with Gasteiger partial charge in [0.15, 0.2) is 0 Å². The lowest BCUT2D eigenvalue weighted by atomic mass is 10.1. The molecule has 0 aliphatic heterocycles. The summed E-state index contributed by atoms with van der Waals surface area (Å²) in [6.07, 6.45) is 0. The number of ether oxygens (including phenoxy) is 1. The maximum absolute atomic E-state index is 12.4. The fraction of sp³-hybridized carbons (Fsp3) is 0.222. The van der Waals surface area contributed by atoms with E-state index in [-0.39, 0.29) is 0 Å². The zero-order chi connectivity index (χ0) is 22.7. The van der Waals surface area contributed by atoms with E-state index in [9.17, 15) is 9.90 Å².